The molecule has 8 heteroatoms. The number of aromatic nitrogens is 3. The van der Waals surface area contributed by atoms with Gasteiger partial charge < -0.3 is 4.74 Å². The lowest BCUT2D eigenvalue weighted by atomic mass is 10.0. The first-order valence-corrected chi connectivity index (χ1v) is 8.84. The number of ether oxygens (including phenoxy) is 1. The van der Waals surface area contributed by atoms with E-state index in [-0.39, 0.29) is 23.2 Å². The number of nitrogens with zero attached hydrogens (tertiary/aromatic N) is 4. The highest BCUT2D eigenvalue weighted by Crippen LogP contribution is 2.26. The second kappa shape index (κ2) is 7.94. The second-order valence-electron chi connectivity index (χ2n) is 6.26. The highest BCUT2D eigenvalue weighted by Gasteiger charge is 2.17. The van der Waals surface area contributed by atoms with Gasteiger partial charge in [-0.1, -0.05) is 30.3 Å². The van der Waals surface area contributed by atoms with Crippen LogP contribution in [0.1, 0.15) is 12.5 Å². The Balaban J connectivity index is 2.41. The molecular formula is C21H18N4O4. The fraction of sp³-hybridized carbons (Fsp3) is 0.190. The van der Waals surface area contributed by atoms with Gasteiger partial charge in [-0.15, -0.1) is 0 Å². The number of aryl methyl sites for hydroxylation is 1. The van der Waals surface area contributed by atoms with E-state index in [0.717, 1.165) is 4.57 Å². The van der Waals surface area contributed by atoms with E-state index in [2.05, 4.69) is 4.98 Å². The molecule has 0 radical (unpaired) electrons. The molecular weight excluding hydrogens is 372 g/mol. The molecule has 0 fully saturated rings. The molecule has 0 N–H and O–H groups in total. The highest BCUT2D eigenvalue weighted by molar-refractivity contribution is 5.99. The van der Waals surface area contributed by atoms with Gasteiger partial charge in [0.15, 0.2) is 0 Å². The van der Waals surface area contributed by atoms with E-state index >= 15 is 0 Å². The van der Waals surface area contributed by atoms with Crippen LogP contribution in [0.2, 0.25) is 0 Å². The number of rotatable bonds is 4. The van der Waals surface area contributed by atoms with Gasteiger partial charge in [0.1, 0.15) is 17.3 Å². The molecule has 0 aliphatic rings. The number of pyridine rings is 1. The molecule has 1 aromatic carbocycles. The zero-order valence-corrected chi connectivity index (χ0v) is 16.2. The average molecular weight is 390 g/mol. The normalized spacial score (nSPS) is 11.3. The predicted molar refractivity (Wildman–Crippen MR) is 108 cm³/mol. The van der Waals surface area contributed by atoms with Gasteiger partial charge in [0.2, 0.25) is 0 Å². The maximum atomic E-state index is 12.6. The maximum absolute atomic E-state index is 12.6. The summed E-state index contributed by atoms with van der Waals surface area (Å²) < 4.78 is 7.18. The summed E-state index contributed by atoms with van der Waals surface area (Å²) in [6, 6.07) is 12.4. The molecule has 2 heterocycles. The summed E-state index contributed by atoms with van der Waals surface area (Å²) in [5.74, 6) is -0.762. The van der Waals surface area contributed by atoms with Crippen molar-refractivity contribution in [3.63, 3.8) is 0 Å². The van der Waals surface area contributed by atoms with Gasteiger partial charge in [0.05, 0.1) is 17.7 Å². The molecule has 8 nitrogen and oxygen atoms in total. The smallest absolute Gasteiger partial charge is 0.348 e. The lowest BCUT2D eigenvalue weighted by Crippen LogP contribution is -2.37. The van der Waals surface area contributed by atoms with E-state index in [4.69, 9.17) is 4.74 Å². The van der Waals surface area contributed by atoms with Crippen molar-refractivity contribution in [3.8, 4) is 17.3 Å². The zero-order valence-electron chi connectivity index (χ0n) is 16.2. The van der Waals surface area contributed by atoms with Crippen molar-refractivity contribution in [2.24, 2.45) is 14.1 Å². The van der Waals surface area contributed by atoms with Crippen molar-refractivity contribution in [1.29, 1.82) is 5.26 Å². The summed E-state index contributed by atoms with van der Waals surface area (Å²) in [5.41, 5.74) is 0.508. The van der Waals surface area contributed by atoms with Crippen molar-refractivity contribution in [2.75, 3.05) is 6.61 Å². The highest BCUT2D eigenvalue weighted by atomic mass is 16.5. The van der Waals surface area contributed by atoms with Crippen molar-refractivity contribution in [1.82, 2.24) is 14.1 Å². The van der Waals surface area contributed by atoms with Crippen LogP contribution in [0.5, 0.6) is 0 Å². The SMILES string of the molecule is CCOC(=O)/C(C#N)=C/c1cc2c(=O)n(C)c(=O)n(C)c2nc1-c1ccccc1. The molecule has 0 aliphatic carbocycles. The van der Waals surface area contributed by atoms with Crippen LogP contribution < -0.4 is 11.2 Å². The molecule has 3 aromatic rings. The largest absolute Gasteiger partial charge is 0.462 e. The van der Waals surface area contributed by atoms with Crippen molar-refractivity contribution >= 4 is 23.1 Å². The first kappa shape index (κ1) is 19.8. The molecule has 146 valence electrons. The molecule has 0 unspecified atom stereocenters. The van der Waals surface area contributed by atoms with Crippen LogP contribution in [-0.2, 0) is 23.6 Å². The zero-order chi connectivity index (χ0) is 21.1. The number of carbonyl (C=O) groups excluding carboxylic acids is 1. The van der Waals surface area contributed by atoms with Gasteiger partial charge >= 0.3 is 11.7 Å². The second-order valence-corrected chi connectivity index (χ2v) is 6.26. The van der Waals surface area contributed by atoms with Gasteiger partial charge in [-0.25, -0.2) is 14.6 Å². The average Bonchev–Trinajstić information content (AvgIpc) is 2.74. The Morgan fingerprint density at radius 3 is 2.52 bits per heavy atom. The molecule has 29 heavy (non-hydrogen) atoms. The Bertz CT molecular complexity index is 1290. The molecule has 0 saturated carbocycles. The predicted octanol–water partition coefficient (Wildman–Crippen LogP) is 1.77. The molecule has 0 aliphatic heterocycles. The van der Waals surface area contributed by atoms with Crippen LogP contribution in [0.25, 0.3) is 28.4 Å². The fourth-order valence-electron chi connectivity index (χ4n) is 2.95. The number of hydrogen-bond donors (Lipinski definition) is 0. The van der Waals surface area contributed by atoms with Crippen LogP contribution >= 0.6 is 0 Å². The fourth-order valence-corrected chi connectivity index (χ4v) is 2.95. The van der Waals surface area contributed by atoms with Crippen molar-refractivity contribution in [2.45, 2.75) is 6.92 Å². The van der Waals surface area contributed by atoms with E-state index in [1.807, 2.05) is 24.3 Å². The van der Waals surface area contributed by atoms with E-state index in [0.29, 0.717) is 16.8 Å². The molecule has 0 saturated heterocycles. The lowest BCUT2D eigenvalue weighted by Gasteiger charge is -2.12. The van der Waals surface area contributed by atoms with Crippen molar-refractivity contribution < 1.29 is 9.53 Å². The quantitative estimate of drug-likeness (QED) is 0.382. The van der Waals surface area contributed by atoms with Crippen LogP contribution in [0.15, 0.2) is 51.6 Å². The number of esters is 1. The summed E-state index contributed by atoms with van der Waals surface area (Å²) in [6.45, 7) is 1.77. The van der Waals surface area contributed by atoms with Gasteiger partial charge in [-0.05, 0) is 19.1 Å². The summed E-state index contributed by atoms with van der Waals surface area (Å²) in [4.78, 5) is 41.5. The number of carbonyl (C=O) groups is 1. The Morgan fingerprint density at radius 1 is 1.21 bits per heavy atom. The van der Waals surface area contributed by atoms with Crippen LogP contribution in [-0.4, -0.2) is 26.7 Å². The van der Waals surface area contributed by atoms with Gasteiger partial charge in [0.25, 0.3) is 5.56 Å². The van der Waals surface area contributed by atoms with E-state index < -0.39 is 17.2 Å². The Morgan fingerprint density at radius 2 is 1.90 bits per heavy atom. The molecule has 0 spiro atoms. The third-order valence-corrected chi connectivity index (χ3v) is 4.42. The summed E-state index contributed by atoms with van der Waals surface area (Å²) >= 11 is 0. The van der Waals surface area contributed by atoms with Gasteiger partial charge in [-0.2, -0.15) is 5.26 Å². The summed E-state index contributed by atoms with van der Waals surface area (Å²) in [6.07, 6.45) is 1.34. The first-order valence-electron chi connectivity index (χ1n) is 8.84. The minimum absolute atomic E-state index is 0.127. The van der Waals surface area contributed by atoms with Crippen molar-refractivity contribution in [3.05, 3.63) is 68.4 Å². The molecule has 2 aromatic heterocycles. The summed E-state index contributed by atoms with van der Waals surface area (Å²) in [5, 5.41) is 9.58. The Labute approximate surface area is 165 Å². The molecule has 3 rings (SSSR count). The van der Waals surface area contributed by atoms with Crippen LogP contribution in [0.3, 0.4) is 0 Å². The first-order chi connectivity index (χ1) is 13.9. The Hall–Kier alpha value is -3.99. The van der Waals surface area contributed by atoms with E-state index in [1.54, 1.807) is 19.1 Å². The van der Waals surface area contributed by atoms with Gasteiger partial charge in [-0.3, -0.25) is 13.9 Å². The van der Waals surface area contributed by atoms with E-state index in [1.165, 1.54) is 30.8 Å². The number of benzene rings is 1. The van der Waals surface area contributed by atoms with Gasteiger partial charge in [0, 0.05) is 25.2 Å². The monoisotopic (exact) mass is 390 g/mol. The van der Waals surface area contributed by atoms with E-state index in [9.17, 15) is 19.6 Å². The number of fused-ring (bicyclic) bond motifs is 1. The minimum atomic E-state index is -0.762. The number of nitriles is 1. The number of hydrogen-bond acceptors (Lipinski definition) is 6. The molecule has 0 atom stereocenters. The lowest BCUT2D eigenvalue weighted by molar-refractivity contribution is -0.137. The molecule has 0 amide bonds. The third kappa shape index (κ3) is 3.58. The maximum Gasteiger partial charge on any atom is 0.348 e. The standard InChI is InChI=1S/C21H18N4O4/c1-4-29-20(27)15(12-22)10-14-11-16-18(24(2)21(28)25(3)19(16)26)23-17(14)13-8-6-5-7-9-13/h5-11H,4H2,1-3H3/b15-10+. The third-order valence-electron chi connectivity index (χ3n) is 4.42. The topological polar surface area (TPSA) is 107 Å². The Kier molecular flexibility index (Phi) is 5.41. The molecule has 0 bridgehead atoms. The summed E-state index contributed by atoms with van der Waals surface area (Å²) in [7, 11) is 2.91. The van der Waals surface area contributed by atoms with Crippen LogP contribution in [0, 0.1) is 11.3 Å². The van der Waals surface area contributed by atoms with Crippen LogP contribution in [0.4, 0.5) is 0 Å². The minimum Gasteiger partial charge on any atom is -0.462 e.